The molecule has 0 aliphatic carbocycles. The number of ether oxygens (including phenoxy) is 3. The Hall–Kier alpha value is -3.17. The second kappa shape index (κ2) is 11.4. The van der Waals surface area contributed by atoms with Gasteiger partial charge < -0.3 is 25.3 Å². The summed E-state index contributed by atoms with van der Waals surface area (Å²) in [5, 5.41) is 14.0. The lowest BCUT2D eigenvalue weighted by Crippen LogP contribution is -2.33. The van der Waals surface area contributed by atoms with Gasteiger partial charge in [0.05, 0.1) is 30.5 Å². The summed E-state index contributed by atoms with van der Waals surface area (Å²) in [5.41, 5.74) is 8.44. The van der Waals surface area contributed by atoms with E-state index in [-0.39, 0.29) is 18.0 Å². The van der Waals surface area contributed by atoms with Crippen molar-refractivity contribution in [2.24, 2.45) is 0 Å². The van der Waals surface area contributed by atoms with Crippen molar-refractivity contribution in [1.82, 2.24) is 10.3 Å². The zero-order chi connectivity index (χ0) is 22.9. The van der Waals surface area contributed by atoms with E-state index in [1.807, 2.05) is 30.3 Å². The molecule has 1 atom stereocenters. The molecule has 1 aliphatic rings. The molecule has 1 aromatic heterocycles. The predicted octanol–water partition coefficient (Wildman–Crippen LogP) is 3.39. The second-order valence-electron chi connectivity index (χ2n) is 7.66. The van der Waals surface area contributed by atoms with Gasteiger partial charge in [-0.1, -0.05) is 30.3 Å². The number of hydrogen-bond acceptors (Lipinski definition) is 7. The highest BCUT2D eigenvalue weighted by molar-refractivity contribution is 5.99. The Labute approximate surface area is 188 Å². The van der Waals surface area contributed by atoms with Crippen molar-refractivity contribution in [3.05, 3.63) is 53.2 Å². The summed E-state index contributed by atoms with van der Waals surface area (Å²) >= 11 is 0. The van der Waals surface area contributed by atoms with Crippen LogP contribution < -0.4 is 16.4 Å². The summed E-state index contributed by atoms with van der Waals surface area (Å²) in [6.45, 7) is 3.49. The minimum atomic E-state index is -0.400. The van der Waals surface area contributed by atoms with Crippen molar-refractivity contribution in [3.63, 3.8) is 0 Å². The van der Waals surface area contributed by atoms with Crippen LogP contribution in [0.15, 0.2) is 36.4 Å². The maximum Gasteiger partial charge on any atom is 0.320 e. The number of aromatic nitrogens is 1. The maximum absolute atomic E-state index is 12.6. The highest BCUT2D eigenvalue weighted by Gasteiger charge is 2.21. The monoisotopic (exact) mass is 441 g/mol. The first-order valence-electron chi connectivity index (χ1n) is 10.7. The third kappa shape index (κ3) is 6.41. The molecule has 1 aliphatic heterocycles. The predicted molar refractivity (Wildman–Crippen MR) is 123 cm³/mol. The van der Waals surface area contributed by atoms with Crippen LogP contribution in [0.1, 0.15) is 42.1 Å². The molecule has 2 heterocycles. The van der Waals surface area contributed by atoms with Crippen LogP contribution in [0.2, 0.25) is 0 Å². The number of amides is 2. The van der Waals surface area contributed by atoms with E-state index in [0.717, 1.165) is 18.4 Å². The topological polar surface area (TPSA) is 132 Å². The van der Waals surface area contributed by atoms with Crippen molar-refractivity contribution in [2.45, 2.75) is 38.3 Å². The molecule has 0 spiro atoms. The minimum Gasteiger partial charge on any atom is -0.474 e. The van der Waals surface area contributed by atoms with Crippen molar-refractivity contribution >= 4 is 23.4 Å². The number of nitrogen functional groups attached to an aromatic ring is 1. The van der Waals surface area contributed by atoms with Gasteiger partial charge in [0, 0.05) is 38.3 Å². The molecule has 3 rings (SSSR count). The molecular weight excluding hydrogens is 410 g/mol. The fraction of sp³-hybridized carbons (Fsp3) is 0.435. The summed E-state index contributed by atoms with van der Waals surface area (Å²) in [7, 11) is 1.63. The molecule has 1 aromatic carbocycles. The molecule has 5 N–H and O–H groups in total. The molecule has 1 fully saturated rings. The lowest BCUT2D eigenvalue weighted by Gasteiger charge is -2.24. The average molecular weight is 442 g/mol. The first kappa shape index (κ1) is 23.5. The zero-order valence-electron chi connectivity index (χ0n) is 18.5. The zero-order valence-corrected chi connectivity index (χ0v) is 18.5. The van der Waals surface area contributed by atoms with E-state index in [0.29, 0.717) is 49.0 Å². The maximum atomic E-state index is 12.6. The molecule has 2 aromatic rings. The number of anilines is 2. The molecule has 0 saturated carbocycles. The number of carbonyl (C=O) groups is 1. The highest BCUT2D eigenvalue weighted by atomic mass is 16.5. The fourth-order valence-electron chi connectivity index (χ4n) is 3.63. The van der Waals surface area contributed by atoms with Crippen LogP contribution in [0.25, 0.3) is 0 Å². The van der Waals surface area contributed by atoms with Crippen LogP contribution in [0, 0.1) is 12.3 Å². The van der Waals surface area contributed by atoms with Crippen LogP contribution in [0.4, 0.5) is 16.3 Å². The number of hydrogen-bond donors (Lipinski definition) is 4. The third-order valence-corrected chi connectivity index (χ3v) is 5.27. The number of methoxy groups -OCH3 is 1. The van der Waals surface area contributed by atoms with Gasteiger partial charge in [0.1, 0.15) is 11.9 Å². The van der Waals surface area contributed by atoms with Gasteiger partial charge in [-0.25, -0.2) is 9.78 Å². The Kier molecular flexibility index (Phi) is 8.41. The lowest BCUT2D eigenvalue weighted by molar-refractivity contribution is 0.0202. The van der Waals surface area contributed by atoms with Gasteiger partial charge in [-0.3, -0.25) is 10.7 Å². The Morgan fingerprint density at radius 1 is 1.31 bits per heavy atom. The van der Waals surface area contributed by atoms with Gasteiger partial charge in [-0.2, -0.15) is 0 Å². The summed E-state index contributed by atoms with van der Waals surface area (Å²) in [6.07, 6.45) is 2.03. The molecule has 9 heteroatoms. The number of pyridine rings is 1. The van der Waals surface area contributed by atoms with E-state index in [9.17, 15) is 4.79 Å². The quantitative estimate of drug-likeness (QED) is 0.367. The Morgan fingerprint density at radius 3 is 2.69 bits per heavy atom. The van der Waals surface area contributed by atoms with E-state index in [1.54, 1.807) is 14.0 Å². The number of nitrogens with zero attached hydrogens (tertiary/aromatic N) is 1. The Bertz CT molecular complexity index is 893. The van der Waals surface area contributed by atoms with Crippen molar-refractivity contribution in [2.75, 3.05) is 38.0 Å². The SMILES string of the molecule is COCC[C@@H](NC(=O)Nc1cc(N)c(C(=N)OC2CCOCC2)c(C)n1)c1ccccc1. The summed E-state index contributed by atoms with van der Waals surface area (Å²) in [6, 6.07) is 10.6. The third-order valence-electron chi connectivity index (χ3n) is 5.27. The summed E-state index contributed by atoms with van der Waals surface area (Å²) in [5.74, 6) is 0.290. The van der Waals surface area contributed by atoms with Gasteiger partial charge in [-0.15, -0.1) is 0 Å². The first-order chi connectivity index (χ1) is 15.5. The molecular formula is C23H31N5O4. The molecule has 2 amide bonds. The van der Waals surface area contributed by atoms with Crippen molar-refractivity contribution < 1.29 is 19.0 Å². The van der Waals surface area contributed by atoms with Gasteiger partial charge >= 0.3 is 6.03 Å². The first-order valence-corrected chi connectivity index (χ1v) is 10.7. The molecule has 1 saturated heterocycles. The van der Waals surface area contributed by atoms with Crippen LogP contribution >= 0.6 is 0 Å². The van der Waals surface area contributed by atoms with E-state index in [1.165, 1.54) is 6.07 Å². The Morgan fingerprint density at radius 2 is 2.03 bits per heavy atom. The van der Waals surface area contributed by atoms with E-state index < -0.39 is 6.03 Å². The van der Waals surface area contributed by atoms with Gasteiger partial charge in [-0.05, 0) is 18.9 Å². The van der Waals surface area contributed by atoms with Crippen LogP contribution in [0.3, 0.4) is 0 Å². The van der Waals surface area contributed by atoms with E-state index >= 15 is 0 Å². The standard InChI is InChI=1S/C23H31N5O4/c1-15-21(22(25)32-17-8-12-31-13-9-17)18(24)14-20(26-15)28-23(29)27-19(10-11-30-2)16-6-4-3-5-7-16/h3-7,14,17,19,25H,8-13H2,1-2H3,(H4,24,26,27,28,29)/t19-/m1/s1. The number of aryl methyl sites for hydroxylation is 1. The average Bonchev–Trinajstić information content (AvgIpc) is 2.77. The number of urea groups is 1. The van der Waals surface area contributed by atoms with E-state index in [4.69, 9.17) is 25.4 Å². The van der Waals surface area contributed by atoms with Crippen molar-refractivity contribution in [3.8, 4) is 0 Å². The number of nitrogens with two attached hydrogens (primary N) is 1. The molecule has 172 valence electrons. The smallest absolute Gasteiger partial charge is 0.320 e. The molecule has 0 unspecified atom stereocenters. The van der Waals surface area contributed by atoms with Crippen LogP contribution in [-0.2, 0) is 14.2 Å². The second-order valence-corrected chi connectivity index (χ2v) is 7.66. The number of nitrogens with one attached hydrogen (secondary N) is 3. The molecule has 32 heavy (non-hydrogen) atoms. The molecule has 9 nitrogen and oxygen atoms in total. The molecule has 0 bridgehead atoms. The highest BCUT2D eigenvalue weighted by Crippen LogP contribution is 2.23. The van der Waals surface area contributed by atoms with E-state index in [2.05, 4.69) is 15.6 Å². The fourth-order valence-corrected chi connectivity index (χ4v) is 3.63. The number of benzene rings is 1. The van der Waals surface area contributed by atoms with Gasteiger partial charge in [0.25, 0.3) is 0 Å². The van der Waals surface area contributed by atoms with Crippen LogP contribution in [-0.4, -0.2) is 49.9 Å². The largest absolute Gasteiger partial charge is 0.474 e. The Balaban J connectivity index is 1.66. The normalized spacial score (nSPS) is 15.1. The van der Waals surface area contributed by atoms with Gasteiger partial charge in [0.15, 0.2) is 0 Å². The summed E-state index contributed by atoms with van der Waals surface area (Å²) in [4.78, 5) is 17.0. The van der Waals surface area contributed by atoms with Crippen LogP contribution in [0.5, 0.6) is 0 Å². The van der Waals surface area contributed by atoms with Crippen molar-refractivity contribution in [1.29, 1.82) is 5.41 Å². The molecule has 0 radical (unpaired) electrons. The summed E-state index contributed by atoms with van der Waals surface area (Å²) < 4.78 is 16.3. The number of rotatable bonds is 8. The minimum absolute atomic E-state index is 0.0147. The number of carbonyl (C=O) groups excluding carboxylic acids is 1. The lowest BCUT2D eigenvalue weighted by atomic mass is 10.0. The van der Waals surface area contributed by atoms with Gasteiger partial charge in [0.2, 0.25) is 5.90 Å².